The van der Waals surface area contributed by atoms with E-state index in [0.29, 0.717) is 12.5 Å². The zero-order valence-corrected chi connectivity index (χ0v) is 13.7. The summed E-state index contributed by atoms with van der Waals surface area (Å²) in [5.41, 5.74) is 3.65. The van der Waals surface area contributed by atoms with Crippen LogP contribution in [0.4, 0.5) is 0 Å². The van der Waals surface area contributed by atoms with Crippen molar-refractivity contribution in [1.29, 1.82) is 0 Å². The molecule has 2 nitrogen and oxygen atoms in total. The fourth-order valence-corrected chi connectivity index (χ4v) is 3.24. The molecule has 1 aliphatic rings. The minimum Gasteiger partial charge on any atom is -0.493 e. The van der Waals surface area contributed by atoms with Crippen molar-refractivity contribution in [2.45, 2.75) is 24.6 Å². The van der Waals surface area contributed by atoms with Crippen molar-refractivity contribution < 1.29 is 9.47 Å². The number of ether oxygens (including phenoxy) is 2. The second kappa shape index (κ2) is 6.52. The van der Waals surface area contributed by atoms with Crippen LogP contribution >= 0.6 is 15.9 Å². The van der Waals surface area contributed by atoms with Crippen LogP contribution in [0.2, 0.25) is 0 Å². The number of alkyl halides is 1. The molecule has 2 aromatic rings. The monoisotopic (exact) mass is 346 g/mol. The van der Waals surface area contributed by atoms with Crippen LogP contribution in [0, 0.1) is 6.92 Å². The third kappa shape index (κ3) is 3.08. The van der Waals surface area contributed by atoms with Crippen molar-refractivity contribution in [3.8, 4) is 11.5 Å². The van der Waals surface area contributed by atoms with E-state index in [0.717, 1.165) is 29.9 Å². The Morgan fingerprint density at radius 1 is 1.19 bits per heavy atom. The molecule has 1 aliphatic heterocycles. The van der Waals surface area contributed by atoms with Crippen LogP contribution in [0.5, 0.6) is 11.5 Å². The van der Waals surface area contributed by atoms with Crippen LogP contribution in [0.3, 0.4) is 0 Å². The Morgan fingerprint density at radius 3 is 2.90 bits per heavy atom. The van der Waals surface area contributed by atoms with E-state index >= 15 is 0 Å². The van der Waals surface area contributed by atoms with Crippen molar-refractivity contribution in [2.24, 2.45) is 0 Å². The van der Waals surface area contributed by atoms with Gasteiger partial charge in [-0.2, -0.15) is 0 Å². The molecule has 0 saturated heterocycles. The molecule has 0 aromatic heterocycles. The van der Waals surface area contributed by atoms with Crippen molar-refractivity contribution >= 4 is 15.9 Å². The van der Waals surface area contributed by atoms with Gasteiger partial charge in [-0.05, 0) is 25.0 Å². The predicted molar refractivity (Wildman–Crippen MR) is 88.6 cm³/mol. The summed E-state index contributed by atoms with van der Waals surface area (Å²) in [4.78, 5) is 0. The SMILES string of the molecule is Cc1cccc(CBr)c1OCC1CCOc2ccccc21. The molecule has 0 spiro atoms. The third-order valence-electron chi connectivity index (χ3n) is 3.95. The Labute approximate surface area is 134 Å². The van der Waals surface area contributed by atoms with Crippen LogP contribution in [-0.4, -0.2) is 13.2 Å². The molecule has 1 unspecified atom stereocenters. The fourth-order valence-electron chi connectivity index (χ4n) is 2.80. The molecule has 21 heavy (non-hydrogen) atoms. The van der Waals surface area contributed by atoms with Crippen molar-refractivity contribution in [1.82, 2.24) is 0 Å². The highest BCUT2D eigenvalue weighted by atomic mass is 79.9. The normalized spacial score (nSPS) is 17.0. The van der Waals surface area contributed by atoms with Gasteiger partial charge in [-0.1, -0.05) is 52.3 Å². The van der Waals surface area contributed by atoms with E-state index in [1.807, 2.05) is 12.1 Å². The first kappa shape index (κ1) is 14.5. The summed E-state index contributed by atoms with van der Waals surface area (Å²) in [7, 11) is 0. The topological polar surface area (TPSA) is 18.5 Å². The van der Waals surface area contributed by atoms with Crippen LogP contribution in [0.15, 0.2) is 42.5 Å². The summed E-state index contributed by atoms with van der Waals surface area (Å²) in [6.45, 7) is 3.56. The molecule has 0 aliphatic carbocycles. The number of benzene rings is 2. The van der Waals surface area contributed by atoms with Gasteiger partial charge < -0.3 is 9.47 Å². The highest BCUT2D eigenvalue weighted by molar-refractivity contribution is 9.08. The number of halogens is 1. The number of rotatable bonds is 4. The van der Waals surface area contributed by atoms with Crippen LogP contribution in [0.25, 0.3) is 0 Å². The first-order chi connectivity index (χ1) is 10.3. The summed E-state index contributed by atoms with van der Waals surface area (Å²) in [5, 5.41) is 0.814. The molecule has 1 heterocycles. The Balaban J connectivity index is 1.78. The summed E-state index contributed by atoms with van der Waals surface area (Å²) >= 11 is 3.53. The summed E-state index contributed by atoms with van der Waals surface area (Å²) in [5.74, 6) is 2.42. The molecule has 110 valence electrons. The lowest BCUT2D eigenvalue weighted by Crippen LogP contribution is -2.20. The first-order valence-corrected chi connectivity index (χ1v) is 8.40. The van der Waals surface area contributed by atoms with E-state index in [1.165, 1.54) is 16.7 Å². The number of hydrogen-bond donors (Lipinski definition) is 0. The number of hydrogen-bond acceptors (Lipinski definition) is 2. The highest BCUT2D eigenvalue weighted by Crippen LogP contribution is 2.34. The van der Waals surface area contributed by atoms with Gasteiger partial charge in [-0.3, -0.25) is 0 Å². The van der Waals surface area contributed by atoms with E-state index < -0.39 is 0 Å². The lowest BCUT2D eigenvalue weighted by molar-refractivity contribution is 0.216. The lowest BCUT2D eigenvalue weighted by atomic mass is 9.94. The number of aryl methyl sites for hydroxylation is 1. The van der Waals surface area contributed by atoms with E-state index in [2.05, 4.69) is 53.2 Å². The molecule has 0 N–H and O–H groups in total. The van der Waals surface area contributed by atoms with E-state index in [-0.39, 0.29) is 0 Å². The average molecular weight is 347 g/mol. The maximum atomic E-state index is 6.17. The van der Waals surface area contributed by atoms with Gasteiger partial charge in [-0.25, -0.2) is 0 Å². The fraction of sp³-hybridized carbons (Fsp3) is 0.333. The Hall–Kier alpha value is -1.48. The van der Waals surface area contributed by atoms with Gasteiger partial charge in [0.2, 0.25) is 0 Å². The molecule has 0 radical (unpaired) electrons. The summed E-state index contributed by atoms with van der Waals surface area (Å²) in [6, 6.07) is 14.5. The third-order valence-corrected chi connectivity index (χ3v) is 4.55. The average Bonchev–Trinajstić information content (AvgIpc) is 2.53. The number of fused-ring (bicyclic) bond motifs is 1. The molecule has 0 bridgehead atoms. The van der Waals surface area contributed by atoms with Crippen LogP contribution in [-0.2, 0) is 5.33 Å². The zero-order chi connectivity index (χ0) is 14.7. The maximum Gasteiger partial charge on any atom is 0.126 e. The molecule has 0 amide bonds. The van der Waals surface area contributed by atoms with Crippen LogP contribution < -0.4 is 9.47 Å². The summed E-state index contributed by atoms with van der Waals surface area (Å²) in [6.07, 6.45) is 1.01. The zero-order valence-electron chi connectivity index (χ0n) is 12.1. The number of para-hydroxylation sites is 2. The molecular weight excluding hydrogens is 328 g/mol. The standard InChI is InChI=1S/C18H19BrO2/c1-13-5-4-6-14(11-19)18(13)21-12-15-9-10-20-17-8-3-2-7-16(15)17/h2-8,15H,9-12H2,1H3. The minimum absolute atomic E-state index is 0.401. The van der Waals surface area contributed by atoms with Gasteiger partial charge >= 0.3 is 0 Å². The second-order valence-corrected chi connectivity index (χ2v) is 5.94. The molecule has 3 rings (SSSR count). The highest BCUT2D eigenvalue weighted by Gasteiger charge is 2.22. The Morgan fingerprint density at radius 2 is 2.05 bits per heavy atom. The van der Waals surface area contributed by atoms with Gasteiger partial charge in [0, 0.05) is 22.4 Å². The van der Waals surface area contributed by atoms with Gasteiger partial charge in [-0.15, -0.1) is 0 Å². The quantitative estimate of drug-likeness (QED) is 0.737. The van der Waals surface area contributed by atoms with Gasteiger partial charge in [0.1, 0.15) is 11.5 Å². The smallest absolute Gasteiger partial charge is 0.126 e. The van der Waals surface area contributed by atoms with Crippen molar-refractivity contribution in [3.05, 3.63) is 59.2 Å². The molecule has 0 saturated carbocycles. The van der Waals surface area contributed by atoms with E-state index in [9.17, 15) is 0 Å². The van der Waals surface area contributed by atoms with E-state index in [4.69, 9.17) is 9.47 Å². The minimum atomic E-state index is 0.401. The Bertz CT molecular complexity index is 624. The lowest BCUT2D eigenvalue weighted by Gasteiger charge is -2.26. The Kier molecular flexibility index (Phi) is 4.49. The van der Waals surface area contributed by atoms with Gasteiger partial charge in [0.05, 0.1) is 13.2 Å². The van der Waals surface area contributed by atoms with Gasteiger partial charge in [0.15, 0.2) is 0 Å². The molecule has 1 atom stereocenters. The second-order valence-electron chi connectivity index (χ2n) is 5.38. The van der Waals surface area contributed by atoms with Crippen molar-refractivity contribution in [3.63, 3.8) is 0 Å². The molecule has 3 heteroatoms. The van der Waals surface area contributed by atoms with Crippen molar-refractivity contribution in [2.75, 3.05) is 13.2 Å². The molecule has 2 aromatic carbocycles. The van der Waals surface area contributed by atoms with Gasteiger partial charge in [0.25, 0.3) is 0 Å². The molecular formula is C18H19BrO2. The van der Waals surface area contributed by atoms with E-state index in [1.54, 1.807) is 0 Å². The maximum absolute atomic E-state index is 6.17. The first-order valence-electron chi connectivity index (χ1n) is 7.28. The van der Waals surface area contributed by atoms with Crippen LogP contribution in [0.1, 0.15) is 29.0 Å². The largest absolute Gasteiger partial charge is 0.493 e. The predicted octanol–water partition coefficient (Wildman–Crippen LogP) is 4.84. The molecule has 0 fully saturated rings. The summed E-state index contributed by atoms with van der Waals surface area (Å²) < 4.78 is 11.9.